The Morgan fingerprint density at radius 2 is 1.76 bits per heavy atom. The van der Waals surface area contributed by atoms with Crippen molar-refractivity contribution < 1.29 is 0 Å². The Balaban J connectivity index is 2.43. The van der Waals surface area contributed by atoms with Crippen LogP contribution in [0.25, 0.3) is 0 Å². The summed E-state index contributed by atoms with van der Waals surface area (Å²) in [6.07, 6.45) is 3.68. The van der Waals surface area contributed by atoms with Gasteiger partial charge >= 0.3 is 0 Å². The van der Waals surface area contributed by atoms with Gasteiger partial charge in [-0.3, -0.25) is 4.90 Å². The Hall–Kier alpha value is -0.860. The molecular weight excluding hydrogens is 256 g/mol. The lowest BCUT2D eigenvalue weighted by Gasteiger charge is -2.37. The minimum absolute atomic E-state index is 0.256. The van der Waals surface area contributed by atoms with Crippen molar-refractivity contribution in [1.82, 2.24) is 4.90 Å². The molecule has 0 saturated carbocycles. The molecule has 1 aromatic carbocycles. The predicted octanol–water partition coefficient (Wildman–Crippen LogP) is 4.12. The number of nitrogens with two attached hydrogens (primary N) is 1. The van der Waals surface area contributed by atoms with E-state index in [0.717, 1.165) is 13.0 Å². The molecule has 1 heterocycles. The zero-order valence-corrected chi connectivity index (χ0v) is 14.4. The van der Waals surface area contributed by atoms with E-state index in [0.29, 0.717) is 12.0 Å². The van der Waals surface area contributed by atoms with Gasteiger partial charge in [0.05, 0.1) is 6.04 Å². The van der Waals surface area contributed by atoms with E-state index < -0.39 is 0 Å². The van der Waals surface area contributed by atoms with E-state index in [-0.39, 0.29) is 6.04 Å². The number of hydrogen-bond acceptors (Lipinski definition) is 2. The lowest BCUT2D eigenvalue weighted by molar-refractivity contribution is 0.164. The van der Waals surface area contributed by atoms with Crippen LogP contribution in [0.1, 0.15) is 61.4 Å². The molecule has 2 heteroatoms. The Morgan fingerprint density at radius 3 is 2.33 bits per heavy atom. The van der Waals surface area contributed by atoms with Crippen molar-refractivity contribution >= 4 is 0 Å². The van der Waals surface area contributed by atoms with Crippen LogP contribution in [0.4, 0.5) is 0 Å². The summed E-state index contributed by atoms with van der Waals surface area (Å²) in [5.74, 6) is 0.684. The second-order valence-electron chi connectivity index (χ2n) is 7.31. The molecule has 1 aliphatic rings. The van der Waals surface area contributed by atoms with Gasteiger partial charge < -0.3 is 5.73 Å². The first-order valence-corrected chi connectivity index (χ1v) is 8.47. The quantitative estimate of drug-likeness (QED) is 0.906. The number of likely N-dealkylation sites (tertiary alicyclic amines) is 1. The lowest BCUT2D eigenvalue weighted by Crippen LogP contribution is -2.42. The maximum Gasteiger partial charge on any atom is 0.0504 e. The van der Waals surface area contributed by atoms with Gasteiger partial charge in [0.15, 0.2) is 0 Å². The van der Waals surface area contributed by atoms with E-state index >= 15 is 0 Å². The first-order valence-electron chi connectivity index (χ1n) is 8.47. The maximum atomic E-state index is 6.61. The van der Waals surface area contributed by atoms with Gasteiger partial charge in [0, 0.05) is 12.6 Å². The number of rotatable bonds is 3. The predicted molar refractivity (Wildman–Crippen MR) is 91.6 cm³/mol. The molecule has 1 aromatic rings. The SMILES string of the molecule is Cc1cc(C)c(C2C(N)CCCCN2CC(C)C)c(C)c1. The topological polar surface area (TPSA) is 29.3 Å². The highest BCUT2D eigenvalue weighted by Crippen LogP contribution is 2.34. The monoisotopic (exact) mass is 288 g/mol. The van der Waals surface area contributed by atoms with Gasteiger partial charge in [-0.05, 0) is 62.8 Å². The molecule has 2 unspecified atom stereocenters. The molecule has 1 fully saturated rings. The molecule has 21 heavy (non-hydrogen) atoms. The van der Waals surface area contributed by atoms with Crippen molar-refractivity contribution in [2.75, 3.05) is 13.1 Å². The summed E-state index contributed by atoms with van der Waals surface area (Å²) in [5, 5.41) is 0. The third-order valence-corrected chi connectivity index (χ3v) is 4.67. The van der Waals surface area contributed by atoms with Crippen LogP contribution in [-0.4, -0.2) is 24.0 Å². The average Bonchev–Trinajstić information content (AvgIpc) is 2.52. The molecule has 2 nitrogen and oxygen atoms in total. The van der Waals surface area contributed by atoms with Crippen molar-refractivity contribution in [2.45, 2.75) is 66.0 Å². The fourth-order valence-corrected chi connectivity index (χ4v) is 3.99. The molecule has 0 radical (unpaired) electrons. The van der Waals surface area contributed by atoms with Crippen molar-refractivity contribution in [3.05, 3.63) is 34.4 Å². The Bertz CT molecular complexity index is 455. The normalized spacial score (nSPS) is 24.3. The van der Waals surface area contributed by atoms with Crippen LogP contribution in [0.2, 0.25) is 0 Å². The second-order valence-corrected chi connectivity index (χ2v) is 7.31. The van der Waals surface area contributed by atoms with Crippen LogP contribution in [0.5, 0.6) is 0 Å². The molecule has 118 valence electrons. The van der Waals surface area contributed by atoms with E-state index in [1.165, 1.54) is 41.6 Å². The van der Waals surface area contributed by atoms with Crippen LogP contribution < -0.4 is 5.73 Å². The standard InChI is InChI=1S/C19H32N2/c1-13(2)12-21-9-7-6-8-17(20)19(21)18-15(4)10-14(3)11-16(18)5/h10-11,13,17,19H,6-9,12,20H2,1-5H3. The van der Waals surface area contributed by atoms with Crippen molar-refractivity contribution in [1.29, 1.82) is 0 Å². The van der Waals surface area contributed by atoms with Gasteiger partial charge in [-0.15, -0.1) is 0 Å². The fourth-order valence-electron chi connectivity index (χ4n) is 3.99. The molecule has 2 atom stereocenters. The largest absolute Gasteiger partial charge is 0.326 e. The zero-order valence-electron chi connectivity index (χ0n) is 14.4. The second kappa shape index (κ2) is 6.93. The summed E-state index contributed by atoms with van der Waals surface area (Å²) in [6.45, 7) is 13.6. The summed E-state index contributed by atoms with van der Waals surface area (Å²) in [4.78, 5) is 2.65. The van der Waals surface area contributed by atoms with Gasteiger partial charge in [-0.25, -0.2) is 0 Å². The van der Waals surface area contributed by atoms with Crippen LogP contribution in [0, 0.1) is 26.7 Å². The maximum absolute atomic E-state index is 6.61. The van der Waals surface area contributed by atoms with Gasteiger partial charge in [0.1, 0.15) is 0 Å². The van der Waals surface area contributed by atoms with Gasteiger partial charge in [-0.2, -0.15) is 0 Å². The minimum atomic E-state index is 0.256. The minimum Gasteiger partial charge on any atom is -0.326 e. The summed E-state index contributed by atoms with van der Waals surface area (Å²) < 4.78 is 0. The Kier molecular flexibility index (Phi) is 5.45. The first-order chi connectivity index (χ1) is 9.90. The molecule has 0 amide bonds. The molecular formula is C19H32N2. The average molecular weight is 288 g/mol. The zero-order chi connectivity index (χ0) is 15.6. The van der Waals surface area contributed by atoms with Crippen LogP contribution in [0.15, 0.2) is 12.1 Å². The van der Waals surface area contributed by atoms with E-state index in [9.17, 15) is 0 Å². The smallest absolute Gasteiger partial charge is 0.0504 e. The van der Waals surface area contributed by atoms with Crippen molar-refractivity contribution in [2.24, 2.45) is 11.7 Å². The number of aryl methyl sites for hydroxylation is 3. The fraction of sp³-hybridized carbons (Fsp3) is 0.684. The molecule has 2 rings (SSSR count). The van der Waals surface area contributed by atoms with Crippen LogP contribution >= 0.6 is 0 Å². The Labute approximate surface area is 130 Å². The Morgan fingerprint density at radius 1 is 1.14 bits per heavy atom. The summed E-state index contributed by atoms with van der Waals surface area (Å²) in [5.41, 5.74) is 12.3. The molecule has 0 bridgehead atoms. The van der Waals surface area contributed by atoms with E-state index in [1.54, 1.807) is 0 Å². The van der Waals surface area contributed by atoms with E-state index in [1.807, 2.05) is 0 Å². The number of hydrogen-bond donors (Lipinski definition) is 1. The third kappa shape index (κ3) is 3.87. The summed E-state index contributed by atoms with van der Waals surface area (Å²) >= 11 is 0. The molecule has 1 saturated heterocycles. The van der Waals surface area contributed by atoms with E-state index in [4.69, 9.17) is 5.73 Å². The van der Waals surface area contributed by atoms with Crippen molar-refractivity contribution in [3.63, 3.8) is 0 Å². The van der Waals surface area contributed by atoms with Crippen molar-refractivity contribution in [3.8, 4) is 0 Å². The third-order valence-electron chi connectivity index (χ3n) is 4.67. The van der Waals surface area contributed by atoms with Crippen LogP contribution in [-0.2, 0) is 0 Å². The molecule has 0 aromatic heterocycles. The van der Waals surface area contributed by atoms with Crippen LogP contribution in [0.3, 0.4) is 0 Å². The lowest BCUT2D eigenvalue weighted by atomic mass is 9.88. The highest BCUT2D eigenvalue weighted by molar-refractivity contribution is 5.40. The van der Waals surface area contributed by atoms with E-state index in [2.05, 4.69) is 51.7 Å². The highest BCUT2D eigenvalue weighted by Gasteiger charge is 2.31. The molecule has 1 aliphatic heterocycles. The summed E-state index contributed by atoms with van der Waals surface area (Å²) in [7, 11) is 0. The number of nitrogens with zero attached hydrogens (tertiary/aromatic N) is 1. The van der Waals surface area contributed by atoms with Gasteiger partial charge in [-0.1, -0.05) is 38.0 Å². The molecule has 2 N–H and O–H groups in total. The summed E-state index contributed by atoms with van der Waals surface area (Å²) in [6, 6.07) is 5.27. The van der Waals surface area contributed by atoms with Gasteiger partial charge in [0.2, 0.25) is 0 Å². The highest BCUT2D eigenvalue weighted by atomic mass is 15.2. The molecule has 0 spiro atoms. The van der Waals surface area contributed by atoms with Gasteiger partial charge in [0.25, 0.3) is 0 Å². The number of benzene rings is 1. The first kappa shape index (κ1) is 16.5. The molecule has 0 aliphatic carbocycles.